The highest BCUT2D eigenvalue weighted by atomic mass is 16.5. The van der Waals surface area contributed by atoms with Gasteiger partial charge in [-0.15, -0.1) is 0 Å². The van der Waals surface area contributed by atoms with E-state index in [9.17, 15) is 4.79 Å². The second kappa shape index (κ2) is 6.24. The van der Waals surface area contributed by atoms with Crippen LogP contribution in [0.5, 0.6) is 0 Å². The van der Waals surface area contributed by atoms with Crippen LogP contribution in [-0.2, 0) is 0 Å². The number of H-pyrrole nitrogens is 1. The summed E-state index contributed by atoms with van der Waals surface area (Å²) in [5.74, 6) is -0.111. The van der Waals surface area contributed by atoms with Crippen molar-refractivity contribution in [2.24, 2.45) is 0 Å². The lowest BCUT2D eigenvalue weighted by molar-refractivity contribution is 0.0905. The fourth-order valence-corrected chi connectivity index (χ4v) is 2.81. The van der Waals surface area contributed by atoms with Gasteiger partial charge in [-0.2, -0.15) is 0 Å². The highest BCUT2D eigenvalue weighted by Crippen LogP contribution is 2.25. The van der Waals surface area contributed by atoms with E-state index in [0.717, 1.165) is 22.2 Å². The predicted molar refractivity (Wildman–Crippen MR) is 93.1 cm³/mol. The van der Waals surface area contributed by atoms with E-state index in [1.54, 1.807) is 19.3 Å². The third kappa shape index (κ3) is 3.01. The van der Waals surface area contributed by atoms with Gasteiger partial charge in [-0.1, -0.05) is 41.6 Å². The van der Waals surface area contributed by atoms with Crippen LogP contribution in [-0.4, -0.2) is 21.0 Å². The van der Waals surface area contributed by atoms with Gasteiger partial charge in [0.2, 0.25) is 5.76 Å². The summed E-state index contributed by atoms with van der Waals surface area (Å²) in [5.41, 5.74) is 4.40. The number of hydrogen-bond acceptors (Lipinski definition) is 4. The molecule has 1 amide bonds. The fraction of sp³-hybridized carbons (Fsp3) is 0.105. The van der Waals surface area contributed by atoms with Gasteiger partial charge in [0.15, 0.2) is 0 Å². The van der Waals surface area contributed by atoms with Crippen LogP contribution in [0.2, 0.25) is 0 Å². The molecule has 2 aromatic carbocycles. The van der Waals surface area contributed by atoms with Gasteiger partial charge in [-0.3, -0.25) is 4.79 Å². The van der Waals surface area contributed by atoms with E-state index in [1.807, 2.05) is 48.5 Å². The molecule has 25 heavy (non-hydrogen) atoms. The Bertz CT molecular complexity index is 1020. The molecule has 2 heterocycles. The number of fused-ring (bicyclic) bond motifs is 1. The Hall–Kier alpha value is -3.41. The maximum atomic E-state index is 12.6. The maximum absolute atomic E-state index is 12.6. The fourth-order valence-electron chi connectivity index (χ4n) is 2.81. The molecule has 4 aromatic rings. The van der Waals surface area contributed by atoms with Gasteiger partial charge >= 0.3 is 0 Å². The minimum atomic E-state index is -0.313. The summed E-state index contributed by atoms with van der Waals surface area (Å²) in [6.45, 7) is 1.78. The molecule has 1 atom stereocenters. The number of amides is 1. The lowest BCUT2D eigenvalue weighted by Gasteiger charge is -2.19. The first kappa shape index (κ1) is 15.1. The zero-order valence-electron chi connectivity index (χ0n) is 13.6. The number of hydrogen-bond donors (Lipinski definition) is 2. The number of rotatable bonds is 4. The number of aryl methyl sites for hydroxylation is 1. The van der Waals surface area contributed by atoms with Crippen molar-refractivity contribution in [1.29, 1.82) is 0 Å². The molecule has 0 bridgehead atoms. The molecule has 6 nitrogen and oxygen atoms in total. The Kier molecular flexibility index (Phi) is 3.78. The van der Waals surface area contributed by atoms with Gasteiger partial charge in [-0.05, 0) is 30.2 Å². The van der Waals surface area contributed by atoms with Crippen LogP contribution < -0.4 is 5.32 Å². The van der Waals surface area contributed by atoms with E-state index in [1.165, 1.54) is 0 Å². The van der Waals surface area contributed by atoms with E-state index in [2.05, 4.69) is 20.4 Å². The zero-order chi connectivity index (χ0) is 17.2. The Morgan fingerprint density at radius 3 is 2.72 bits per heavy atom. The summed E-state index contributed by atoms with van der Waals surface area (Å²) < 4.78 is 5.08. The molecular weight excluding hydrogens is 316 g/mol. The number of nitrogens with zero attached hydrogens (tertiary/aromatic N) is 2. The standard InChI is InChI=1S/C19H16N4O2/c1-12-9-17(25-23-12)19(24)22-18(13-5-3-2-4-6-13)14-7-8-15-16(10-14)21-11-20-15/h2-11,18H,1H3,(H,20,21)(H,22,24)/t18-/m0/s1. The molecule has 0 radical (unpaired) electrons. The minimum Gasteiger partial charge on any atom is -0.351 e. The summed E-state index contributed by atoms with van der Waals surface area (Å²) in [6, 6.07) is 17.0. The third-order valence-electron chi connectivity index (χ3n) is 4.04. The monoisotopic (exact) mass is 332 g/mol. The van der Waals surface area contributed by atoms with Crippen LogP contribution >= 0.6 is 0 Å². The molecule has 6 heteroatoms. The Morgan fingerprint density at radius 2 is 1.96 bits per heavy atom. The molecular formula is C19H16N4O2. The number of carbonyl (C=O) groups is 1. The number of aromatic nitrogens is 3. The highest BCUT2D eigenvalue weighted by Gasteiger charge is 2.20. The molecule has 0 fully saturated rings. The zero-order valence-corrected chi connectivity index (χ0v) is 13.6. The normalized spacial score (nSPS) is 12.2. The van der Waals surface area contributed by atoms with Crippen molar-refractivity contribution in [1.82, 2.24) is 20.4 Å². The van der Waals surface area contributed by atoms with Crippen molar-refractivity contribution < 1.29 is 9.32 Å². The van der Waals surface area contributed by atoms with Crippen LogP contribution in [0.3, 0.4) is 0 Å². The smallest absolute Gasteiger partial charge is 0.290 e. The molecule has 0 saturated heterocycles. The number of nitrogens with one attached hydrogen (secondary N) is 2. The summed E-state index contributed by atoms with van der Waals surface area (Å²) in [7, 11) is 0. The number of benzene rings is 2. The molecule has 0 unspecified atom stereocenters. The maximum Gasteiger partial charge on any atom is 0.290 e. The molecule has 0 aliphatic carbocycles. The van der Waals surface area contributed by atoms with Crippen molar-refractivity contribution in [2.45, 2.75) is 13.0 Å². The summed E-state index contributed by atoms with van der Waals surface area (Å²) in [6.07, 6.45) is 1.65. The summed E-state index contributed by atoms with van der Waals surface area (Å²) >= 11 is 0. The van der Waals surface area contributed by atoms with Gasteiger partial charge in [0.25, 0.3) is 5.91 Å². The number of imidazole rings is 1. The quantitative estimate of drug-likeness (QED) is 0.600. The Balaban J connectivity index is 1.72. The van der Waals surface area contributed by atoms with Crippen molar-refractivity contribution >= 4 is 16.9 Å². The Morgan fingerprint density at radius 1 is 1.12 bits per heavy atom. The lowest BCUT2D eigenvalue weighted by Crippen LogP contribution is -2.29. The minimum absolute atomic E-state index is 0.195. The van der Waals surface area contributed by atoms with Gasteiger partial charge < -0.3 is 14.8 Å². The lowest BCUT2D eigenvalue weighted by atomic mass is 9.98. The van der Waals surface area contributed by atoms with Gasteiger partial charge in [-0.25, -0.2) is 4.98 Å². The van der Waals surface area contributed by atoms with E-state index < -0.39 is 0 Å². The summed E-state index contributed by atoms with van der Waals surface area (Å²) in [4.78, 5) is 19.9. The largest absolute Gasteiger partial charge is 0.351 e. The van der Waals surface area contributed by atoms with Gasteiger partial charge in [0, 0.05) is 6.07 Å². The molecule has 2 N–H and O–H groups in total. The van der Waals surface area contributed by atoms with E-state index >= 15 is 0 Å². The highest BCUT2D eigenvalue weighted by molar-refractivity contribution is 5.92. The van der Waals surface area contributed by atoms with Gasteiger partial charge in [0.05, 0.1) is 29.1 Å². The predicted octanol–water partition coefficient (Wildman–Crippen LogP) is 3.38. The average molecular weight is 332 g/mol. The van der Waals surface area contributed by atoms with E-state index in [-0.39, 0.29) is 17.7 Å². The SMILES string of the molecule is Cc1cc(C(=O)N[C@@H](c2ccccc2)c2ccc3nc[nH]c3c2)on1. The number of carbonyl (C=O) groups excluding carboxylic acids is 1. The third-order valence-corrected chi connectivity index (χ3v) is 4.04. The number of aromatic amines is 1. The van der Waals surface area contributed by atoms with Crippen molar-refractivity contribution in [3.63, 3.8) is 0 Å². The van der Waals surface area contributed by atoms with Crippen molar-refractivity contribution in [3.05, 3.63) is 83.5 Å². The van der Waals surface area contributed by atoms with Crippen molar-refractivity contribution in [3.8, 4) is 0 Å². The van der Waals surface area contributed by atoms with Crippen LogP contribution in [0.1, 0.15) is 33.4 Å². The van der Waals surface area contributed by atoms with Crippen LogP contribution in [0, 0.1) is 6.92 Å². The van der Waals surface area contributed by atoms with Crippen LogP contribution in [0.25, 0.3) is 11.0 Å². The first-order valence-corrected chi connectivity index (χ1v) is 7.93. The van der Waals surface area contributed by atoms with E-state index in [4.69, 9.17) is 4.52 Å². The molecule has 124 valence electrons. The first-order chi connectivity index (χ1) is 12.2. The molecule has 0 saturated carbocycles. The molecule has 0 aliphatic rings. The Labute approximate surface area is 143 Å². The summed E-state index contributed by atoms with van der Waals surface area (Å²) in [5, 5.41) is 6.80. The van der Waals surface area contributed by atoms with Crippen LogP contribution in [0.15, 0.2) is 65.4 Å². The van der Waals surface area contributed by atoms with Crippen molar-refractivity contribution in [2.75, 3.05) is 0 Å². The second-order valence-corrected chi connectivity index (χ2v) is 5.83. The molecule has 0 aliphatic heterocycles. The molecule has 0 spiro atoms. The second-order valence-electron chi connectivity index (χ2n) is 5.83. The average Bonchev–Trinajstić information content (AvgIpc) is 3.28. The van der Waals surface area contributed by atoms with Gasteiger partial charge in [0.1, 0.15) is 0 Å². The first-order valence-electron chi connectivity index (χ1n) is 7.93. The topological polar surface area (TPSA) is 83.8 Å². The molecule has 4 rings (SSSR count). The molecule has 2 aromatic heterocycles. The van der Waals surface area contributed by atoms with E-state index in [0.29, 0.717) is 5.69 Å². The van der Waals surface area contributed by atoms with Crippen LogP contribution in [0.4, 0.5) is 0 Å².